The van der Waals surface area contributed by atoms with Crippen LogP contribution in [-0.4, -0.2) is 19.0 Å². The molecule has 5 heteroatoms. The van der Waals surface area contributed by atoms with E-state index in [-0.39, 0.29) is 5.97 Å². The number of esters is 2. The van der Waals surface area contributed by atoms with Crippen molar-refractivity contribution in [2.24, 2.45) is 0 Å². The monoisotopic (exact) mass is 344 g/mol. The molecule has 2 rings (SSSR count). The highest BCUT2D eigenvalue weighted by molar-refractivity contribution is 5.78. The highest BCUT2D eigenvalue weighted by atomic mass is 19.1. The molecule has 2 aromatic rings. The van der Waals surface area contributed by atoms with Gasteiger partial charge in [-0.15, -0.1) is 0 Å². The summed E-state index contributed by atoms with van der Waals surface area (Å²) < 4.78 is 24.4. The molecule has 0 bridgehead atoms. The molecule has 2 aromatic carbocycles. The number of benzene rings is 2. The average Bonchev–Trinajstić information content (AvgIpc) is 2.60. The maximum absolute atomic E-state index is 14.5. The second kappa shape index (κ2) is 8.42. The zero-order valence-electron chi connectivity index (χ0n) is 14.5. The Morgan fingerprint density at radius 1 is 1.16 bits per heavy atom. The Hall–Kier alpha value is -2.69. The summed E-state index contributed by atoms with van der Waals surface area (Å²) >= 11 is 0. The van der Waals surface area contributed by atoms with Gasteiger partial charge in [0.25, 0.3) is 0 Å². The van der Waals surface area contributed by atoms with Crippen molar-refractivity contribution in [1.29, 1.82) is 0 Å². The fraction of sp³-hybridized carbons (Fsp3) is 0.300. The molecule has 4 nitrogen and oxygen atoms in total. The van der Waals surface area contributed by atoms with Crippen molar-refractivity contribution < 1.29 is 23.5 Å². The topological polar surface area (TPSA) is 52.6 Å². The van der Waals surface area contributed by atoms with E-state index in [1.807, 2.05) is 6.92 Å². The molecule has 0 N–H and O–H groups in total. The van der Waals surface area contributed by atoms with Gasteiger partial charge in [0.1, 0.15) is 11.6 Å². The van der Waals surface area contributed by atoms with Crippen molar-refractivity contribution in [2.75, 3.05) is 7.11 Å². The van der Waals surface area contributed by atoms with E-state index < -0.39 is 17.7 Å². The van der Waals surface area contributed by atoms with Gasteiger partial charge in [-0.2, -0.15) is 0 Å². The van der Waals surface area contributed by atoms with E-state index in [4.69, 9.17) is 4.74 Å². The molecule has 0 aliphatic rings. The van der Waals surface area contributed by atoms with Crippen molar-refractivity contribution in [1.82, 2.24) is 0 Å². The van der Waals surface area contributed by atoms with Gasteiger partial charge >= 0.3 is 11.9 Å². The van der Waals surface area contributed by atoms with Crippen LogP contribution in [0.5, 0.6) is 5.75 Å². The van der Waals surface area contributed by atoms with Crippen LogP contribution in [0.3, 0.4) is 0 Å². The largest absolute Gasteiger partial charge is 0.469 e. The third kappa shape index (κ3) is 4.66. The van der Waals surface area contributed by atoms with Crippen LogP contribution in [0.2, 0.25) is 0 Å². The molecule has 132 valence electrons. The number of carbonyl (C=O) groups excluding carboxylic acids is 2. The van der Waals surface area contributed by atoms with Gasteiger partial charge in [0.15, 0.2) is 0 Å². The first-order valence-corrected chi connectivity index (χ1v) is 8.14. The van der Waals surface area contributed by atoms with Gasteiger partial charge in [0.05, 0.1) is 13.0 Å². The molecule has 0 aromatic heterocycles. The van der Waals surface area contributed by atoms with Gasteiger partial charge in [-0.05, 0) is 42.7 Å². The number of ether oxygens (including phenoxy) is 2. The third-order valence-corrected chi connectivity index (χ3v) is 3.88. The molecular formula is C20H21FO4. The first kappa shape index (κ1) is 18.6. The molecular weight excluding hydrogens is 323 g/mol. The lowest BCUT2D eigenvalue weighted by molar-refractivity contribution is -0.142. The summed E-state index contributed by atoms with van der Waals surface area (Å²) in [6.07, 6.45) is 1.03. The van der Waals surface area contributed by atoms with E-state index in [2.05, 4.69) is 4.74 Å². The Bertz CT molecular complexity index is 770. The van der Waals surface area contributed by atoms with Gasteiger partial charge in [-0.1, -0.05) is 31.2 Å². The normalized spacial score (nSPS) is 11.7. The van der Waals surface area contributed by atoms with Crippen LogP contribution in [0.4, 0.5) is 4.39 Å². The minimum atomic E-state index is -0.546. The smallest absolute Gasteiger partial charge is 0.312 e. The van der Waals surface area contributed by atoms with E-state index in [1.165, 1.54) is 13.2 Å². The maximum atomic E-state index is 14.5. The molecule has 0 heterocycles. The molecule has 1 unspecified atom stereocenters. The van der Waals surface area contributed by atoms with Crippen LogP contribution in [0.1, 0.15) is 38.2 Å². The third-order valence-electron chi connectivity index (χ3n) is 3.88. The molecule has 0 saturated carbocycles. The average molecular weight is 344 g/mol. The lowest BCUT2D eigenvalue weighted by Gasteiger charge is -2.12. The van der Waals surface area contributed by atoms with E-state index in [0.717, 1.165) is 0 Å². The molecule has 0 aliphatic carbocycles. The van der Waals surface area contributed by atoms with Crippen molar-refractivity contribution in [3.63, 3.8) is 0 Å². The molecule has 0 spiro atoms. The van der Waals surface area contributed by atoms with Gasteiger partial charge in [0, 0.05) is 12.0 Å². The highest BCUT2D eigenvalue weighted by Crippen LogP contribution is 2.29. The predicted molar refractivity (Wildman–Crippen MR) is 92.8 cm³/mol. The number of hydrogen-bond donors (Lipinski definition) is 0. The lowest BCUT2D eigenvalue weighted by Crippen LogP contribution is -2.11. The van der Waals surface area contributed by atoms with Crippen LogP contribution in [0, 0.1) is 5.82 Å². The first-order valence-electron chi connectivity index (χ1n) is 8.14. The van der Waals surface area contributed by atoms with Crippen molar-refractivity contribution in [3.8, 4) is 16.9 Å². The second-order valence-electron chi connectivity index (χ2n) is 5.74. The number of methoxy groups -OCH3 is 1. The van der Waals surface area contributed by atoms with Crippen LogP contribution >= 0.6 is 0 Å². The number of carbonyl (C=O) groups is 2. The number of hydrogen-bond acceptors (Lipinski definition) is 4. The lowest BCUT2D eigenvalue weighted by atomic mass is 9.97. The van der Waals surface area contributed by atoms with E-state index in [1.54, 1.807) is 43.3 Å². The fourth-order valence-electron chi connectivity index (χ4n) is 2.46. The Labute approximate surface area is 146 Å². The van der Waals surface area contributed by atoms with Crippen LogP contribution in [0.25, 0.3) is 11.1 Å². The quantitative estimate of drug-likeness (QED) is 0.573. The van der Waals surface area contributed by atoms with Crippen LogP contribution in [0.15, 0.2) is 42.5 Å². The van der Waals surface area contributed by atoms with Crippen molar-refractivity contribution >= 4 is 11.9 Å². The fourth-order valence-corrected chi connectivity index (χ4v) is 2.46. The summed E-state index contributed by atoms with van der Waals surface area (Å²) in [5.74, 6) is -1.36. The van der Waals surface area contributed by atoms with Crippen LogP contribution < -0.4 is 4.74 Å². The molecule has 0 radical (unpaired) electrons. The molecule has 25 heavy (non-hydrogen) atoms. The van der Waals surface area contributed by atoms with E-state index >= 15 is 0 Å². The van der Waals surface area contributed by atoms with Gasteiger partial charge in [-0.25, -0.2) is 4.39 Å². The predicted octanol–water partition coefficient (Wildman–Crippen LogP) is 4.47. The van der Waals surface area contributed by atoms with E-state index in [0.29, 0.717) is 35.3 Å². The summed E-state index contributed by atoms with van der Waals surface area (Å²) in [6, 6.07) is 11.3. The zero-order valence-corrected chi connectivity index (χ0v) is 14.5. The Morgan fingerprint density at radius 2 is 1.92 bits per heavy atom. The molecule has 1 atom stereocenters. The Balaban J connectivity index is 2.27. The summed E-state index contributed by atoms with van der Waals surface area (Å²) in [7, 11) is 1.30. The summed E-state index contributed by atoms with van der Waals surface area (Å²) in [5.41, 5.74) is 1.50. The zero-order chi connectivity index (χ0) is 18.4. The minimum Gasteiger partial charge on any atom is -0.469 e. The summed E-state index contributed by atoms with van der Waals surface area (Å²) in [5, 5.41) is 0. The van der Waals surface area contributed by atoms with Crippen molar-refractivity contribution in [3.05, 3.63) is 53.8 Å². The maximum Gasteiger partial charge on any atom is 0.312 e. The summed E-state index contributed by atoms with van der Waals surface area (Å²) in [6.45, 7) is 3.55. The van der Waals surface area contributed by atoms with Gasteiger partial charge < -0.3 is 9.47 Å². The molecule has 0 aliphatic heterocycles. The molecule has 0 saturated heterocycles. The minimum absolute atomic E-state index is 0.317. The van der Waals surface area contributed by atoms with Gasteiger partial charge in [0.2, 0.25) is 0 Å². The summed E-state index contributed by atoms with van der Waals surface area (Å²) in [4.78, 5) is 23.2. The molecule has 0 fully saturated rings. The Morgan fingerprint density at radius 3 is 2.56 bits per heavy atom. The standard InChI is InChI=1S/C20H21FO4/c1-4-6-19(22)25-16-8-5-7-15(11-16)17-10-9-14(12-18(17)21)13(2)20(23)24-3/h5,7-13H,4,6H2,1-3H3. The SMILES string of the molecule is CCCC(=O)Oc1cccc(-c2ccc(C(C)C(=O)OC)cc2F)c1. The number of halogens is 1. The van der Waals surface area contributed by atoms with E-state index in [9.17, 15) is 14.0 Å². The molecule has 0 amide bonds. The van der Waals surface area contributed by atoms with Crippen LogP contribution in [-0.2, 0) is 14.3 Å². The highest BCUT2D eigenvalue weighted by Gasteiger charge is 2.17. The van der Waals surface area contributed by atoms with Crippen molar-refractivity contribution in [2.45, 2.75) is 32.6 Å². The second-order valence-corrected chi connectivity index (χ2v) is 5.74. The first-order chi connectivity index (χ1) is 12.0. The number of rotatable bonds is 6. The van der Waals surface area contributed by atoms with Gasteiger partial charge in [-0.3, -0.25) is 9.59 Å². The Kier molecular flexibility index (Phi) is 6.28.